The van der Waals surface area contributed by atoms with Gasteiger partial charge in [-0.05, 0) is 0 Å². The SMILES string of the molecule is C=C(CC(=O)OC)C(=O)OC.[H-].[H-].[K+].[K+]. The first-order chi connectivity index (χ1) is 5.11. The summed E-state index contributed by atoms with van der Waals surface area (Å²) in [5, 5.41) is 0. The summed E-state index contributed by atoms with van der Waals surface area (Å²) in [6.07, 6.45) is -0.122. The Morgan fingerprint density at radius 3 is 2.00 bits per heavy atom. The number of hydrogen-bond acceptors (Lipinski definition) is 4. The Labute approximate surface area is 166 Å². The van der Waals surface area contributed by atoms with Crippen LogP contribution in [0.25, 0.3) is 0 Å². The van der Waals surface area contributed by atoms with Crippen molar-refractivity contribution in [1.82, 2.24) is 0 Å². The first-order valence-corrected chi connectivity index (χ1v) is 2.94. The van der Waals surface area contributed by atoms with Gasteiger partial charge in [-0.25, -0.2) is 4.79 Å². The minimum absolute atomic E-state index is 0. The average molecular weight is 238 g/mol. The van der Waals surface area contributed by atoms with Gasteiger partial charge in [-0.1, -0.05) is 6.58 Å². The van der Waals surface area contributed by atoms with E-state index in [1.807, 2.05) is 0 Å². The normalized spacial score (nSPS) is 7.23. The Morgan fingerprint density at radius 2 is 1.69 bits per heavy atom. The van der Waals surface area contributed by atoms with Gasteiger partial charge in [0.25, 0.3) is 0 Å². The molecule has 0 saturated heterocycles. The fraction of sp³-hybridized carbons (Fsp3) is 0.429. The molecule has 0 saturated carbocycles. The third-order valence-electron chi connectivity index (χ3n) is 1.06. The van der Waals surface area contributed by atoms with E-state index in [2.05, 4.69) is 16.1 Å². The third-order valence-corrected chi connectivity index (χ3v) is 1.06. The predicted octanol–water partition coefficient (Wildman–Crippen LogP) is -5.49. The van der Waals surface area contributed by atoms with E-state index in [0.29, 0.717) is 0 Å². The zero-order chi connectivity index (χ0) is 8.85. The summed E-state index contributed by atoms with van der Waals surface area (Å²) >= 11 is 0. The second-order valence-electron chi connectivity index (χ2n) is 1.85. The molecule has 0 unspecified atom stereocenters. The molecule has 0 atom stereocenters. The van der Waals surface area contributed by atoms with Crippen molar-refractivity contribution in [2.45, 2.75) is 6.42 Å². The predicted molar refractivity (Wildman–Crippen MR) is 40.0 cm³/mol. The number of carbonyl (C=O) groups excluding carboxylic acids is 2. The van der Waals surface area contributed by atoms with E-state index in [1.54, 1.807) is 0 Å². The van der Waals surface area contributed by atoms with Crippen molar-refractivity contribution in [2.75, 3.05) is 14.2 Å². The Balaban J connectivity index is -0.0000000833. The van der Waals surface area contributed by atoms with Crippen LogP contribution in [0.15, 0.2) is 12.2 Å². The summed E-state index contributed by atoms with van der Waals surface area (Å²) in [6.45, 7) is 3.34. The minimum Gasteiger partial charge on any atom is -1.00 e. The molecule has 0 aliphatic carbocycles. The molecule has 0 N–H and O–H groups in total. The molecular formula is C7H12K2O4. The molecule has 0 aliphatic rings. The molecule has 4 nitrogen and oxygen atoms in total. The molecular weight excluding hydrogens is 226 g/mol. The smallest absolute Gasteiger partial charge is 1.00 e. The molecule has 6 heteroatoms. The van der Waals surface area contributed by atoms with Crippen molar-refractivity contribution in [2.24, 2.45) is 0 Å². The van der Waals surface area contributed by atoms with Crippen LogP contribution < -0.4 is 103 Å². The molecule has 66 valence electrons. The van der Waals surface area contributed by atoms with E-state index < -0.39 is 11.9 Å². The molecule has 0 bridgehead atoms. The van der Waals surface area contributed by atoms with Crippen LogP contribution in [0.5, 0.6) is 0 Å². The molecule has 0 radical (unpaired) electrons. The average Bonchev–Trinajstić information content (AvgIpc) is 2.02. The summed E-state index contributed by atoms with van der Waals surface area (Å²) in [5.74, 6) is -1.09. The molecule has 0 aromatic rings. The van der Waals surface area contributed by atoms with Gasteiger partial charge in [-0.3, -0.25) is 4.79 Å². The zero-order valence-corrected chi connectivity index (χ0v) is 14.8. The quantitative estimate of drug-likeness (QED) is 0.280. The molecule has 13 heavy (non-hydrogen) atoms. The van der Waals surface area contributed by atoms with Crippen molar-refractivity contribution in [3.63, 3.8) is 0 Å². The van der Waals surface area contributed by atoms with Crippen molar-refractivity contribution < 1.29 is 125 Å². The largest absolute Gasteiger partial charge is 1.00 e. The van der Waals surface area contributed by atoms with Crippen LogP contribution in [-0.2, 0) is 19.1 Å². The second-order valence-corrected chi connectivity index (χ2v) is 1.85. The van der Waals surface area contributed by atoms with Gasteiger partial charge in [-0.15, -0.1) is 0 Å². The van der Waals surface area contributed by atoms with E-state index in [4.69, 9.17) is 0 Å². The topological polar surface area (TPSA) is 52.6 Å². The Kier molecular flexibility index (Phi) is 18.8. The minimum atomic E-state index is -0.588. The number of hydrogen-bond donors (Lipinski definition) is 0. The molecule has 0 spiro atoms. The molecule has 0 aromatic heterocycles. The Hall–Kier alpha value is 1.95. The van der Waals surface area contributed by atoms with Gasteiger partial charge < -0.3 is 12.3 Å². The van der Waals surface area contributed by atoms with Gasteiger partial charge in [-0.2, -0.15) is 0 Å². The zero-order valence-electron chi connectivity index (χ0n) is 10.5. The molecule has 0 heterocycles. The first kappa shape index (κ1) is 20.4. The van der Waals surface area contributed by atoms with E-state index in [-0.39, 0.29) is 118 Å². The van der Waals surface area contributed by atoms with Crippen molar-refractivity contribution in [3.8, 4) is 0 Å². The fourth-order valence-corrected chi connectivity index (χ4v) is 0.463. The molecule has 0 amide bonds. The number of rotatable bonds is 3. The maximum Gasteiger partial charge on any atom is 1.00 e. The number of esters is 2. The van der Waals surface area contributed by atoms with Crippen molar-refractivity contribution >= 4 is 11.9 Å². The summed E-state index contributed by atoms with van der Waals surface area (Å²) in [5.41, 5.74) is 0.0966. The van der Waals surface area contributed by atoms with Crippen LogP contribution in [0.1, 0.15) is 9.27 Å². The third kappa shape index (κ3) is 10.2. The molecule has 0 rings (SSSR count). The van der Waals surface area contributed by atoms with Crippen LogP contribution in [-0.4, -0.2) is 26.2 Å². The molecule has 0 aromatic carbocycles. The van der Waals surface area contributed by atoms with Crippen molar-refractivity contribution in [3.05, 3.63) is 12.2 Å². The summed E-state index contributed by atoms with van der Waals surface area (Å²) in [7, 11) is 2.47. The van der Waals surface area contributed by atoms with Gasteiger partial charge in [0.05, 0.1) is 20.6 Å². The van der Waals surface area contributed by atoms with E-state index in [9.17, 15) is 9.59 Å². The van der Waals surface area contributed by atoms with Crippen LogP contribution in [0.4, 0.5) is 0 Å². The van der Waals surface area contributed by atoms with Gasteiger partial charge >= 0.3 is 115 Å². The van der Waals surface area contributed by atoms with Crippen LogP contribution in [0, 0.1) is 0 Å². The van der Waals surface area contributed by atoms with Crippen molar-refractivity contribution in [1.29, 1.82) is 0 Å². The van der Waals surface area contributed by atoms with Crippen LogP contribution >= 0.6 is 0 Å². The Morgan fingerprint density at radius 1 is 1.23 bits per heavy atom. The summed E-state index contributed by atoms with van der Waals surface area (Å²) in [6, 6.07) is 0. The number of ether oxygens (including phenoxy) is 2. The van der Waals surface area contributed by atoms with E-state index >= 15 is 0 Å². The van der Waals surface area contributed by atoms with Gasteiger partial charge in [0.1, 0.15) is 0 Å². The fourth-order valence-electron chi connectivity index (χ4n) is 0.463. The number of methoxy groups -OCH3 is 2. The maximum atomic E-state index is 10.6. The van der Waals surface area contributed by atoms with E-state index in [0.717, 1.165) is 0 Å². The monoisotopic (exact) mass is 238 g/mol. The summed E-state index contributed by atoms with van der Waals surface area (Å²) < 4.78 is 8.62. The van der Waals surface area contributed by atoms with Gasteiger partial charge in [0.2, 0.25) is 0 Å². The van der Waals surface area contributed by atoms with Gasteiger partial charge in [0, 0.05) is 5.57 Å². The summed E-state index contributed by atoms with van der Waals surface area (Å²) in [4.78, 5) is 21.2. The molecule has 0 aliphatic heterocycles. The maximum absolute atomic E-state index is 10.6. The van der Waals surface area contributed by atoms with Crippen LogP contribution in [0.3, 0.4) is 0 Å². The Bertz CT molecular complexity index is 199. The first-order valence-electron chi connectivity index (χ1n) is 2.94. The van der Waals surface area contributed by atoms with Crippen LogP contribution in [0.2, 0.25) is 0 Å². The van der Waals surface area contributed by atoms with E-state index in [1.165, 1.54) is 14.2 Å². The molecule has 0 fully saturated rings. The van der Waals surface area contributed by atoms with Gasteiger partial charge in [0.15, 0.2) is 0 Å². The number of carbonyl (C=O) groups is 2. The second kappa shape index (κ2) is 12.0. The standard InChI is InChI=1S/C7H10O4.2K.2H/c1-5(7(9)11-3)4-6(8)10-2;;;;/h1,4H2,2-3H3;;;;/q;2*+1;2*-1.